The van der Waals surface area contributed by atoms with Crippen LogP contribution in [0, 0.1) is 0 Å². The fourth-order valence-corrected chi connectivity index (χ4v) is 1.93. The Labute approximate surface area is 133 Å². The van der Waals surface area contributed by atoms with Crippen molar-refractivity contribution in [2.45, 2.75) is 26.4 Å². The molecule has 0 atom stereocenters. The smallest absolute Gasteiger partial charge is 0.412 e. The van der Waals surface area contributed by atoms with Gasteiger partial charge in [-0.3, -0.25) is 5.32 Å². The molecule has 122 valence electrons. The van der Waals surface area contributed by atoms with Gasteiger partial charge in [0.1, 0.15) is 27.7 Å². The van der Waals surface area contributed by atoms with Gasteiger partial charge in [0.2, 0.25) is 0 Å². The number of benzene rings is 1. The highest BCUT2D eigenvalue weighted by atomic mass is 35.5. The van der Waals surface area contributed by atoms with E-state index in [1.165, 1.54) is 20.3 Å². The second kappa shape index (κ2) is 6.74. The molecule has 0 unspecified atom stereocenters. The number of nitrogens with one attached hydrogen (secondary N) is 1. The van der Waals surface area contributed by atoms with Crippen LogP contribution in [0.15, 0.2) is 6.07 Å². The van der Waals surface area contributed by atoms with Crippen LogP contribution in [0.1, 0.15) is 31.1 Å². The first kappa shape index (κ1) is 17.9. The number of methoxy groups -OCH3 is 2. The number of carboxylic acids is 1. The van der Waals surface area contributed by atoms with E-state index in [-0.39, 0.29) is 27.8 Å². The number of hydrogen-bond donors (Lipinski definition) is 2. The van der Waals surface area contributed by atoms with Crippen LogP contribution < -0.4 is 14.8 Å². The van der Waals surface area contributed by atoms with Gasteiger partial charge in [0, 0.05) is 6.07 Å². The van der Waals surface area contributed by atoms with Crippen molar-refractivity contribution in [3.05, 3.63) is 16.7 Å². The van der Waals surface area contributed by atoms with Crippen LogP contribution in [0.4, 0.5) is 10.5 Å². The van der Waals surface area contributed by atoms with E-state index in [0.717, 1.165) is 0 Å². The van der Waals surface area contributed by atoms with Gasteiger partial charge in [-0.15, -0.1) is 0 Å². The number of anilines is 1. The quantitative estimate of drug-likeness (QED) is 0.878. The van der Waals surface area contributed by atoms with E-state index < -0.39 is 17.7 Å². The van der Waals surface area contributed by atoms with Crippen LogP contribution in [-0.4, -0.2) is 37.0 Å². The first-order valence-electron chi connectivity index (χ1n) is 6.28. The van der Waals surface area contributed by atoms with Crippen molar-refractivity contribution in [2.75, 3.05) is 19.5 Å². The molecule has 1 aromatic carbocycles. The molecule has 0 bridgehead atoms. The summed E-state index contributed by atoms with van der Waals surface area (Å²) >= 11 is 6.09. The number of hydrogen-bond acceptors (Lipinski definition) is 5. The highest BCUT2D eigenvalue weighted by Crippen LogP contribution is 2.41. The minimum absolute atomic E-state index is 0.000177. The average molecular weight is 332 g/mol. The first-order valence-corrected chi connectivity index (χ1v) is 6.66. The molecule has 1 amide bonds. The molecule has 0 saturated heterocycles. The molecular formula is C14H18ClNO6. The normalized spacial score (nSPS) is 10.8. The van der Waals surface area contributed by atoms with Crippen molar-refractivity contribution in [2.24, 2.45) is 0 Å². The van der Waals surface area contributed by atoms with E-state index in [4.69, 9.17) is 25.8 Å². The van der Waals surface area contributed by atoms with Crippen LogP contribution in [0.25, 0.3) is 0 Å². The summed E-state index contributed by atoms with van der Waals surface area (Å²) in [6.07, 6.45) is -0.841. The van der Waals surface area contributed by atoms with Crippen molar-refractivity contribution in [3.63, 3.8) is 0 Å². The molecule has 0 aliphatic rings. The summed E-state index contributed by atoms with van der Waals surface area (Å²) in [5.74, 6) is -1.15. The standard InChI is InChI=1S/C14H18ClNO6/c1-14(2,3)22-13(19)16-11-9(12(17)18)7(20-4)6-8(21-5)10(11)15/h6H,1-5H3,(H,16,19)(H,17,18). The lowest BCUT2D eigenvalue weighted by atomic mass is 10.1. The summed E-state index contributed by atoms with van der Waals surface area (Å²) in [6.45, 7) is 5.04. The molecule has 7 nitrogen and oxygen atoms in total. The zero-order valence-corrected chi connectivity index (χ0v) is 13.7. The number of carbonyl (C=O) groups excluding carboxylic acids is 1. The largest absolute Gasteiger partial charge is 0.496 e. The molecule has 1 aromatic rings. The molecule has 0 radical (unpaired) electrons. The van der Waals surface area contributed by atoms with Gasteiger partial charge in [-0.05, 0) is 20.8 Å². The molecular weight excluding hydrogens is 314 g/mol. The predicted molar refractivity (Wildman–Crippen MR) is 81.4 cm³/mol. The summed E-state index contributed by atoms with van der Waals surface area (Å²) in [5, 5.41) is 11.6. The summed E-state index contributed by atoms with van der Waals surface area (Å²) in [5.41, 5.74) is -1.19. The Morgan fingerprint density at radius 1 is 1.18 bits per heavy atom. The zero-order chi connectivity index (χ0) is 17.1. The van der Waals surface area contributed by atoms with E-state index in [1.807, 2.05) is 0 Å². The lowest BCUT2D eigenvalue weighted by molar-refractivity contribution is 0.0636. The fraction of sp³-hybridized carbons (Fsp3) is 0.429. The number of halogens is 1. The molecule has 1 rings (SSSR count). The summed E-state index contributed by atoms with van der Waals surface area (Å²) in [6, 6.07) is 1.33. The third-order valence-electron chi connectivity index (χ3n) is 2.47. The van der Waals surface area contributed by atoms with Crippen LogP contribution in [0.2, 0.25) is 5.02 Å². The molecule has 0 saturated carbocycles. The maximum absolute atomic E-state index is 11.9. The summed E-state index contributed by atoms with van der Waals surface area (Å²) < 4.78 is 15.2. The topological polar surface area (TPSA) is 94.1 Å². The van der Waals surface area contributed by atoms with Gasteiger partial charge in [-0.25, -0.2) is 9.59 Å². The zero-order valence-electron chi connectivity index (χ0n) is 12.9. The van der Waals surface area contributed by atoms with Gasteiger partial charge in [0.15, 0.2) is 0 Å². The monoisotopic (exact) mass is 331 g/mol. The van der Waals surface area contributed by atoms with Crippen LogP contribution in [-0.2, 0) is 4.74 Å². The van der Waals surface area contributed by atoms with Crippen molar-refractivity contribution in [3.8, 4) is 11.5 Å². The minimum Gasteiger partial charge on any atom is -0.496 e. The molecule has 0 heterocycles. The number of amides is 1. The number of rotatable bonds is 4. The Kier molecular flexibility index (Phi) is 5.48. The predicted octanol–water partition coefficient (Wildman–Crippen LogP) is 3.40. The molecule has 2 N–H and O–H groups in total. The molecule has 0 fully saturated rings. The summed E-state index contributed by atoms with van der Waals surface area (Å²) in [7, 11) is 2.66. The van der Waals surface area contributed by atoms with Gasteiger partial charge in [0.25, 0.3) is 0 Å². The number of carbonyl (C=O) groups is 2. The van der Waals surface area contributed by atoms with Gasteiger partial charge in [0.05, 0.1) is 19.9 Å². The van der Waals surface area contributed by atoms with Crippen LogP contribution in [0.3, 0.4) is 0 Å². The van der Waals surface area contributed by atoms with Crippen LogP contribution in [0.5, 0.6) is 11.5 Å². The van der Waals surface area contributed by atoms with Crippen molar-refractivity contribution < 1.29 is 28.9 Å². The molecule has 8 heteroatoms. The Morgan fingerprint density at radius 3 is 2.14 bits per heavy atom. The second-order valence-electron chi connectivity index (χ2n) is 5.28. The Hall–Kier alpha value is -2.15. The van der Waals surface area contributed by atoms with E-state index >= 15 is 0 Å². The van der Waals surface area contributed by atoms with Gasteiger partial charge < -0.3 is 19.3 Å². The molecule has 0 aromatic heterocycles. The molecule has 0 aliphatic carbocycles. The van der Waals surface area contributed by atoms with Crippen molar-refractivity contribution in [1.29, 1.82) is 0 Å². The highest BCUT2D eigenvalue weighted by molar-refractivity contribution is 6.36. The van der Waals surface area contributed by atoms with Gasteiger partial charge in [-0.2, -0.15) is 0 Å². The lowest BCUT2D eigenvalue weighted by Gasteiger charge is -2.21. The fourth-order valence-electron chi connectivity index (χ4n) is 1.66. The number of aromatic carboxylic acids is 1. The molecule has 0 spiro atoms. The average Bonchev–Trinajstić information content (AvgIpc) is 2.38. The van der Waals surface area contributed by atoms with Crippen molar-refractivity contribution >= 4 is 29.4 Å². The Morgan fingerprint density at radius 2 is 1.73 bits per heavy atom. The van der Waals surface area contributed by atoms with Gasteiger partial charge in [-0.1, -0.05) is 11.6 Å². The number of ether oxygens (including phenoxy) is 3. The van der Waals surface area contributed by atoms with E-state index in [1.54, 1.807) is 20.8 Å². The first-order chi connectivity index (χ1) is 10.1. The highest BCUT2D eigenvalue weighted by Gasteiger charge is 2.26. The van der Waals surface area contributed by atoms with E-state index in [9.17, 15) is 14.7 Å². The maximum atomic E-state index is 11.9. The Bertz CT molecular complexity index is 594. The third kappa shape index (κ3) is 4.17. The summed E-state index contributed by atoms with van der Waals surface area (Å²) in [4.78, 5) is 23.3. The number of carboxylic acid groups (broad SMARTS) is 1. The SMILES string of the molecule is COc1cc(OC)c(C(=O)O)c(NC(=O)OC(C)(C)C)c1Cl. The van der Waals surface area contributed by atoms with E-state index in [2.05, 4.69) is 5.32 Å². The molecule has 0 aliphatic heterocycles. The minimum atomic E-state index is -1.31. The second-order valence-corrected chi connectivity index (χ2v) is 5.66. The van der Waals surface area contributed by atoms with Crippen LogP contribution >= 0.6 is 11.6 Å². The Balaban J connectivity index is 3.37. The van der Waals surface area contributed by atoms with E-state index in [0.29, 0.717) is 0 Å². The maximum Gasteiger partial charge on any atom is 0.412 e. The molecule has 22 heavy (non-hydrogen) atoms. The van der Waals surface area contributed by atoms with Crippen molar-refractivity contribution in [1.82, 2.24) is 0 Å². The third-order valence-corrected chi connectivity index (χ3v) is 2.85. The van der Waals surface area contributed by atoms with Gasteiger partial charge >= 0.3 is 12.1 Å². The lowest BCUT2D eigenvalue weighted by Crippen LogP contribution is -2.28.